The number of benzene rings is 1. The quantitative estimate of drug-likeness (QED) is 0.867. The first kappa shape index (κ1) is 15.0. The Morgan fingerprint density at radius 1 is 1.20 bits per heavy atom. The summed E-state index contributed by atoms with van der Waals surface area (Å²) in [5.74, 6) is 0.808. The molecule has 0 aliphatic heterocycles. The maximum absolute atomic E-state index is 12.2. The maximum atomic E-state index is 12.2. The first-order chi connectivity index (χ1) is 9.72. The van der Waals surface area contributed by atoms with E-state index in [4.69, 9.17) is 5.73 Å². The summed E-state index contributed by atoms with van der Waals surface area (Å²) >= 11 is 0. The molecule has 3 nitrogen and oxygen atoms in total. The van der Waals surface area contributed by atoms with E-state index >= 15 is 0 Å². The van der Waals surface area contributed by atoms with Gasteiger partial charge in [0.15, 0.2) is 0 Å². The van der Waals surface area contributed by atoms with E-state index in [0.29, 0.717) is 24.9 Å². The molecule has 1 amide bonds. The lowest BCUT2D eigenvalue weighted by atomic mass is 9.83. The molecule has 1 aliphatic rings. The highest BCUT2D eigenvalue weighted by Crippen LogP contribution is 2.26. The summed E-state index contributed by atoms with van der Waals surface area (Å²) in [6.07, 6.45) is 6.58. The van der Waals surface area contributed by atoms with Gasteiger partial charge in [0.05, 0.1) is 6.42 Å². The van der Waals surface area contributed by atoms with Crippen molar-refractivity contribution in [2.45, 2.75) is 58.0 Å². The van der Waals surface area contributed by atoms with Crippen molar-refractivity contribution in [2.24, 2.45) is 11.7 Å². The smallest absolute Gasteiger partial charge is 0.224 e. The number of nitrogens with one attached hydrogen (secondary N) is 1. The van der Waals surface area contributed by atoms with Crippen LogP contribution in [-0.4, -0.2) is 11.9 Å². The molecule has 0 aromatic heterocycles. The van der Waals surface area contributed by atoms with Crippen LogP contribution in [0.15, 0.2) is 24.3 Å². The van der Waals surface area contributed by atoms with E-state index in [-0.39, 0.29) is 5.91 Å². The fraction of sp³-hybridized carbons (Fsp3) is 0.588. The molecule has 1 aromatic rings. The molecule has 1 fully saturated rings. The van der Waals surface area contributed by atoms with E-state index in [1.807, 2.05) is 24.3 Å². The number of nitrogens with two attached hydrogens (primary N) is 1. The third-order valence-electron chi connectivity index (χ3n) is 4.40. The Labute approximate surface area is 121 Å². The van der Waals surface area contributed by atoms with Crippen LogP contribution in [0.4, 0.5) is 0 Å². The molecule has 2 rings (SSSR count). The van der Waals surface area contributed by atoms with Crippen LogP contribution in [0, 0.1) is 5.92 Å². The summed E-state index contributed by atoms with van der Waals surface area (Å²) < 4.78 is 0. The van der Waals surface area contributed by atoms with E-state index in [1.165, 1.54) is 19.3 Å². The second kappa shape index (κ2) is 7.44. The molecule has 0 bridgehead atoms. The van der Waals surface area contributed by atoms with Crippen molar-refractivity contribution in [3.8, 4) is 0 Å². The van der Waals surface area contributed by atoms with Crippen LogP contribution in [0.2, 0.25) is 0 Å². The number of hydrogen-bond acceptors (Lipinski definition) is 2. The minimum absolute atomic E-state index is 0.149. The Hall–Kier alpha value is -1.35. The highest BCUT2D eigenvalue weighted by atomic mass is 16.1. The Balaban J connectivity index is 1.87. The monoisotopic (exact) mass is 274 g/mol. The standard InChI is InChI=1S/C17H26N2O/c1-2-15-5-3-4-6-16(15)19-17(20)11-13-7-9-14(12-18)10-8-13/h7-10,15-16H,2-6,11-12,18H2,1H3,(H,19,20). The van der Waals surface area contributed by atoms with Gasteiger partial charge in [0.2, 0.25) is 5.91 Å². The molecular weight excluding hydrogens is 248 g/mol. The van der Waals surface area contributed by atoms with Gasteiger partial charge in [0, 0.05) is 12.6 Å². The zero-order valence-electron chi connectivity index (χ0n) is 12.4. The number of hydrogen-bond donors (Lipinski definition) is 2. The Bertz CT molecular complexity index is 427. The fourth-order valence-corrected chi connectivity index (χ4v) is 3.12. The molecule has 110 valence electrons. The fourth-order valence-electron chi connectivity index (χ4n) is 3.12. The van der Waals surface area contributed by atoms with Gasteiger partial charge in [-0.3, -0.25) is 4.79 Å². The Morgan fingerprint density at radius 3 is 2.50 bits per heavy atom. The first-order valence-corrected chi connectivity index (χ1v) is 7.80. The average Bonchev–Trinajstić information content (AvgIpc) is 2.48. The molecule has 1 aromatic carbocycles. The first-order valence-electron chi connectivity index (χ1n) is 7.80. The molecule has 3 heteroatoms. The third kappa shape index (κ3) is 4.07. The number of carbonyl (C=O) groups excluding carboxylic acids is 1. The van der Waals surface area contributed by atoms with E-state index in [0.717, 1.165) is 24.0 Å². The van der Waals surface area contributed by atoms with Crippen LogP contribution in [-0.2, 0) is 17.8 Å². The number of amides is 1. The van der Waals surface area contributed by atoms with Crippen LogP contribution >= 0.6 is 0 Å². The topological polar surface area (TPSA) is 55.1 Å². The minimum Gasteiger partial charge on any atom is -0.353 e. The molecule has 2 unspecified atom stereocenters. The normalized spacial score (nSPS) is 22.5. The largest absolute Gasteiger partial charge is 0.353 e. The van der Waals surface area contributed by atoms with Crippen LogP contribution in [0.3, 0.4) is 0 Å². The van der Waals surface area contributed by atoms with E-state index in [9.17, 15) is 4.79 Å². The molecule has 0 heterocycles. The summed E-state index contributed by atoms with van der Waals surface area (Å²) in [6, 6.07) is 8.38. The minimum atomic E-state index is 0.149. The summed E-state index contributed by atoms with van der Waals surface area (Å²) in [6.45, 7) is 2.77. The SMILES string of the molecule is CCC1CCCCC1NC(=O)Cc1ccc(CN)cc1. The van der Waals surface area contributed by atoms with E-state index in [2.05, 4.69) is 12.2 Å². The van der Waals surface area contributed by atoms with Crippen molar-refractivity contribution < 1.29 is 4.79 Å². The molecule has 1 saturated carbocycles. The van der Waals surface area contributed by atoms with E-state index in [1.54, 1.807) is 0 Å². The number of rotatable bonds is 5. The van der Waals surface area contributed by atoms with Gasteiger partial charge in [0.25, 0.3) is 0 Å². The predicted molar refractivity (Wildman–Crippen MR) is 82.2 cm³/mol. The van der Waals surface area contributed by atoms with Crippen molar-refractivity contribution in [3.05, 3.63) is 35.4 Å². The van der Waals surface area contributed by atoms with Gasteiger partial charge in [0.1, 0.15) is 0 Å². The number of carbonyl (C=O) groups is 1. The second-order valence-corrected chi connectivity index (χ2v) is 5.82. The van der Waals surface area contributed by atoms with Gasteiger partial charge in [-0.1, -0.05) is 50.5 Å². The average molecular weight is 274 g/mol. The lowest BCUT2D eigenvalue weighted by molar-refractivity contribution is -0.121. The zero-order chi connectivity index (χ0) is 14.4. The van der Waals surface area contributed by atoms with Crippen LogP contribution in [0.1, 0.15) is 50.2 Å². The molecule has 2 atom stereocenters. The van der Waals surface area contributed by atoms with Crippen molar-refractivity contribution in [2.75, 3.05) is 0 Å². The Kier molecular flexibility index (Phi) is 5.60. The predicted octanol–water partition coefficient (Wildman–Crippen LogP) is 2.77. The van der Waals surface area contributed by atoms with Gasteiger partial charge < -0.3 is 11.1 Å². The second-order valence-electron chi connectivity index (χ2n) is 5.82. The van der Waals surface area contributed by atoms with Crippen molar-refractivity contribution in [1.82, 2.24) is 5.32 Å². The van der Waals surface area contributed by atoms with Crippen LogP contribution < -0.4 is 11.1 Å². The summed E-state index contributed by atoms with van der Waals surface area (Å²) in [4.78, 5) is 12.2. The van der Waals surface area contributed by atoms with Gasteiger partial charge in [-0.05, 0) is 29.9 Å². The molecular formula is C17H26N2O. The lowest BCUT2D eigenvalue weighted by Crippen LogP contribution is -2.42. The van der Waals surface area contributed by atoms with E-state index < -0.39 is 0 Å². The summed E-state index contributed by atoms with van der Waals surface area (Å²) in [5.41, 5.74) is 7.74. The molecule has 0 saturated heterocycles. The molecule has 20 heavy (non-hydrogen) atoms. The highest BCUT2D eigenvalue weighted by molar-refractivity contribution is 5.78. The Morgan fingerprint density at radius 2 is 1.85 bits per heavy atom. The van der Waals surface area contributed by atoms with Crippen molar-refractivity contribution >= 4 is 5.91 Å². The molecule has 3 N–H and O–H groups in total. The highest BCUT2D eigenvalue weighted by Gasteiger charge is 2.24. The molecule has 0 radical (unpaired) electrons. The van der Waals surface area contributed by atoms with Crippen molar-refractivity contribution in [3.63, 3.8) is 0 Å². The van der Waals surface area contributed by atoms with Crippen molar-refractivity contribution in [1.29, 1.82) is 0 Å². The molecule has 1 aliphatic carbocycles. The van der Waals surface area contributed by atoms with Gasteiger partial charge in [-0.15, -0.1) is 0 Å². The van der Waals surface area contributed by atoms with Gasteiger partial charge in [-0.25, -0.2) is 0 Å². The van der Waals surface area contributed by atoms with Gasteiger partial charge in [-0.2, -0.15) is 0 Å². The third-order valence-corrected chi connectivity index (χ3v) is 4.40. The van der Waals surface area contributed by atoms with Gasteiger partial charge >= 0.3 is 0 Å². The van der Waals surface area contributed by atoms with Crippen LogP contribution in [0.25, 0.3) is 0 Å². The maximum Gasteiger partial charge on any atom is 0.224 e. The van der Waals surface area contributed by atoms with Crippen LogP contribution in [0.5, 0.6) is 0 Å². The lowest BCUT2D eigenvalue weighted by Gasteiger charge is -2.31. The molecule has 0 spiro atoms. The zero-order valence-corrected chi connectivity index (χ0v) is 12.4. The summed E-state index contributed by atoms with van der Waals surface area (Å²) in [5, 5.41) is 3.23. The summed E-state index contributed by atoms with van der Waals surface area (Å²) in [7, 11) is 0.